The Morgan fingerprint density at radius 3 is 2.31 bits per heavy atom. The molecule has 35 heavy (non-hydrogen) atoms. The van der Waals surface area contributed by atoms with Crippen molar-refractivity contribution in [3.8, 4) is 5.88 Å². The summed E-state index contributed by atoms with van der Waals surface area (Å²) in [5.41, 5.74) is 2.93. The van der Waals surface area contributed by atoms with Crippen LogP contribution in [0, 0.1) is 24.0 Å². The Balaban J connectivity index is 2.79. The lowest BCUT2D eigenvalue weighted by atomic mass is 9.90. The van der Waals surface area contributed by atoms with Crippen LogP contribution in [0.15, 0.2) is 17.7 Å². The van der Waals surface area contributed by atoms with Gasteiger partial charge in [0, 0.05) is 18.2 Å². The molecule has 0 amide bonds. The number of unbranched alkanes of at least 4 members (excludes halogenated alkanes) is 1. The van der Waals surface area contributed by atoms with Gasteiger partial charge in [-0.1, -0.05) is 25.8 Å². The predicted octanol–water partition coefficient (Wildman–Crippen LogP) is 5.76. The number of hydrogen-bond donors (Lipinski definition) is 0. The van der Waals surface area contributed by atoms with Gasteiger partial charge >= 0.3 is 10.1 Å². The molecular formula is C25H35N3O6S. The molecule has 9 nitrogen and oxygen atoms in total. The number of aryl methyl sites for hydroxylation is 2. The zero-order valence-electron chi connectivity index (χ0n) is 21.8. The average molecular weight is 506 g/mol. The molecule has 0 bridgehead atoms. The highest BCUT2D eigenvalue weighted by molar-refractivity contribution is 7.87. The molecule has 0 saturated heterocycles. The SMILES string of the molecule is CCCCn1nc(C)c(C(=O)c2ccc([N+](=O)[O-])c(C(C)=C(C)C)c2C)c1OS(=O)(=O)C(C)CC. The molecule has 0 radical (unpaired) electrons. The summed E-state index contributed by atoms with van der Waals surface area (Å²) < 4.78 is 32.6. The molecule has 0 saturated carbocycles. The van der Waals surface area contributed by atoms with Crippen molar-refractivity contribution in [2.45, 2.75) is 86.4 Å². The van der Waals surface area contributed by atoms with Crippen LogP contribution >= 0.6 is 0 Å². The van der Waals surface area contributed by atoms with E-state index in [4.69, 9.17) is 4.18 Å². The minimum Gasteiger partial charge on any atom is -0.361 e. The number of benzene rings is 1. The zero-order chi connectivity index (χ0) is 26.7. The molecule has 2 aromatic rings. The first-order valence-electron chi connectivity index (χ1n) is 11.8. The monoisotopic (exact) mass is 505 g/mol. The molecule has 192 valence electrons. The predicted molar refractivity (Wildman–Crippen MR) is 136 cm³/mol. The van der Waals surface area contributed by atoms with E-state index in [1.165, 1.54) is 16.8 Å². The van der Waals surface area contributed by atoms with Crippen LogP contribution in [-0.4, -0.2) is 34.2 Å². The summed E-state index contributed by atoms with van der Waals surface area (Å²) in [7, 11) is -4.01. The van der Waals surface area contributed by atoms with Gasteiger partial charge in [-0.3, -0.25) is 14.9 Å². The number of carbonyl (C=O) groups is 1. The summed E-state index contributed by atoms with van der Waals surface area (Å²) in [5.74, 6) is -0.603. The van der Waals surface area contributed by atoms with Crippen molar-refractivity contribution in [2.75, 3.05) is 0 Å². The first-order chi connectivity index (χ1) is 16.3. The highest BCUT2D eigenvalue weighted by atomic mass is 32.2. The normalized spacial score (nSPS) is 12.3. The maximum Gasteiger partial charge on any atom is 0.313 e. The van der Waals surface area contributed by atoms with Gasteiger partial charge in [0.05, 0.1) is 21.4 Å². The van der Waals surface area contributed by atoms with Crippen LogP contribution in [0.25, 0.3) is 5.57 Å². The quantitative estimate of drug-likeness (QED) is 0.165. The first kappa shape index (κ1) is 28.2. The van der Waals surface area contributed by atoms with Gasteiger partial charge in [0.1, 0.15) is 5.56 Å². The minimum atomic E-state index is -4.01. The molecule has 0 aliphatic rings. The molecule has 2 rings (SSSR count). The molecule has 0 spiro atoms. The van der Waals surface area contributed by atoms with Crippen LogP contribution in [0.4, 0.5) is 5.69 Å². The van der Waals surface area contributed by atoms with E-state index in [2.05, 4.69) is 5.10 Å². The third kappa shape index (κ3) is 5.80. The van der Waals surface area contributed by atoms with Gasteiger partial charge in [0.25, 0.3) is 5.69 Å². The van der Waals surface area contributed by atoms with Crippen LogP contribution in [0.5, 0.6) is 5.88 Å². The molecule has 1 unspecified atom stereocenters. The van der Waals surface area contributed by atoms with Gasteiger partial charge in [-0.05, 0) is 71.6 Å². The van der Waals surface area contributed by atoms with Crippen LogP contribution in [-0.2, 0) is 16.7 Å². The molecule has 0 aliphatic heterocycles. The van der Waals surface area contributed by atoms with Gasteiger partial charge in [-0.25, -0.2) is 4.68 Å². The van der Waals surface area contributed by atoms with Gasteiger partial charge in [-0.2, -0.15) is 13.5 Å². The van der Waals surface area contributed by atoms with Crippen molar-refractivity contribution < 1.29 is 22.3 Å². The molecule has 0 aliphatic carbocycles. The smallest absolute Gasteiger partial charge is 0.313 e. The van der Waals surface area contributed by atoms with Gasteiger partial charge in [0.15, 0.2) is 0 Å². The third-order valence-electron chi connectivity index (χ3n) is 6.30. The number of ketones is 1. The molecule has 1 aromatic heterocycles. The zero-order valence-corrected chi connectivity index (χ0v) is 22.6. The van der Waals surface area contributed by atoms with Crippen LogP contribution in [0.1, 0.15) is 93.5 Å². The fourth-order valence-electron chi connectivity index (χ4n) is 3.72. The van der Waals surface area contributed by atoms with Crippen LogP contribution < -0.4 is 4.18 Å². The summed E-state index contributed by atoms with van der Waals surface area (Å²) >= 11 is 0. The van der Waals surface area contributed by atoms with Crippen LogP contribution in [0.3, 0.4) is 0 Å². The topological polar surface area (TPSA) is 121 Å². The van der Waals surface area contributed by atoms with E-state index in [1.54, 1.807) is 34.6 Å². The summed E-state index contributed by atoms with van der Waals surface area (Å²) in [6.07, 6.45) is 1.90. The number of hydrogen-bond acceptors (Lipinski definition) is 7. The highest BCUT2D eigenvalue weighted by Gasteiger charge is 2.32. The Labute approximate surface area is 207 Å². The van der Waals surface area contributed by atoms with E-state index in [0.717, 1.165) is 18.4 Å². The Bertz CT molecular complexity index is 1270. The maximum atomic E-state index is 13.8. The second kappa shape index (κ2) is 11.2. The molecule has 1 atom stereocenters. The number of rotatable bonds is 11. The van der Waals surface area contributed by atoms with Crippen molar-refractivity contribution in [1.29, 1.82) is 0 Å². The van der Waals surface area contributed by atoms with E-state index in [1.807, 2.05) is 20.8 Å². The van der Waals surface area contributed by atoms with Gasteiger partial charge in [-0.15, -0.1) is 0 Å². The number of nitrogens with zero attached hydrogens (tertiary/aromatic N) is 3. The van der Waals surface area contributed by atoms with E-state index in [-0.39, 0.29) is 22.7 Å². The second-order valence-corrected chi connectivity index (χ2v) is 10.9. The maximum absolute atomic E-state index is 13.8. The van der Waals surface area contributed by atoms with Gasteiger partial charge in [0.2, 0.25) is 11.7 Å². The third-order valence-corrected chi connectivity index (χ3v) is 8.01. The summed E-state index contributed by atoms with van der Waals surface area (Å²) in [4.78, 5) is 25.1. The Morgan fingerprint density at radius 1 is 1.17 bits per heavy atom. The fourth-order valence-corrected chi connectivity index (χ4v) is 4.68. The van der Waals surface area contributed by atoms with Crippen LogP contribution in [0.2, 0.25) is 0 Å². The van der Waals surface area contributed by atoms with Crippen molar-refractivity contribution in [3.05, 3.63) is 55.8 Å². The van der Waals surface area contributed by atoms with Gasteiger partial charge < -0.3 is 4.18 Å². The summed E-state index contributed by atoms with van der Waals surface area (Å²) in [6.45, 7) is 14.4. The highest BCUT2D eigenvalue weighted by Crippen LogP contribution is 2.36. The number of aromatic nitrogens is 2. The minimum absolute atomic E-state index is 0.0470. The van der Waals surface area contributed by atoms with E-state index in [0.29, 0.717) is 35.4 Å². The van der Waals surface area contributed by atoms with Crippen molar-refractivity contribution in [1.82, 2.24) is 9.78 Å². The average Bonchev–Trinajstić information content (AvgIpc) is 3.09. The number of nitro groups is 1. The summed E-state index contributed by atoms with van der Waals surface area (Å²) in [5, 5.41) is 15.4. The first-order valence-corrected chi connectivity index (χ1v) is 13.2. The van der Waals surface area contributed by atoms with Crippen molar-refractivity contribution in [2.24, 2.45) is 0 Å². The Morgan fingerprint density at radius 2 is 1.80 bits per heavy atom. The number of allylic oxidation sites excluding steroid dienone is 2. The summed E-state index contributed by atoms with van der Waals surface area (Å²) in [6, 6.07) is 2.72. The van der Waals surface area contributed by atoms with E-state index >= 15 is 0 Å². The lowest BCUT2D eigenvalue weighted by molar-refractivity contribution is -0.385. The number of nitro benzene ring substituents is 1. The molecular weight excluding hydrogens is 470 g/mol. The molecule has 0 fully saturated rings. The molecule has 1 aromatic carbocycles. The molecule has 0 N–H and O–H groups in total. The lowest BCUT2D eigenvalue weighted by Crippen LogP contribution is -2.24. The van der Waals surface area contributed by atoms with E-state index < -0.39 is 26.1 Å². The fraction of sp³-hybridized carbons (Fsp3) is 0.520. The Kier molecular flexibility index (Phi) is 9.00. The number of carbonyl (C=O) groups excluding carboxylic acids is 1. The second-order valence-electron chi connectivity index (χ2n) is 8.98. The standard InChI is InChI=1S/C25H35N3O6S/c1-9-11-14-27-25(34-35(32,33)16(5)10-2)23(19(8)26-27)24(29)20-12-13-21(28(30)31)22(18(20)7)17(6)15(3)4/h12-13,16H,9-11,14H2,1-8H3. The Hall–Kier alpha value is -3.01. The molecule has 1 heterocycles. The van der Waals surface area contributed by atoms with E-state index in [9.17, 15) is 23.3 Å². The molecule has 10 heteroatoms. The van der Waals surface area contributed by atoms with Crippen molar-refractivity contribution >= 4 is 27.2 Å². The largest absolute Gasteiger partial charge is 0.361 e. The van der Waals surface area contributed by atoms with Crippen molar-refractivity contribution in [3.63, 3.8) is 0 Å². The lowest BCUT2D eigenvalue weighted by Gasteiger charge is -2.16.